The van der Waals surface area contributed by atoms with E-state index in [2.05, 4.69) is 10.6 Å². The van der Waals surface area contributed by atoms with Crippen molar-refractivity contribution in [3.8, 4) is 0 Å². The molecule has 0 radical (unpaired) electrons. The number of carbonyl (C=O) groups is 2. The molecular weight excluding hydrogens is 180 g/mol. The Balaban J connectivity index is 1.87. The Hall–Kier alpha value is -0.740. The highest BCUT2D eigenvalue weighted by Gasteiger charge is 2.50. The lowest BCUT2D eigenvalue weighted by Gasteiger charge is -2.54. The van der Waals surface area contributed by atoms with Crippen LogP contribution in [0.5, 0.6) is 0 Å². The molecule has 0 aliphatic carbocycles. The molecule has 0 amide bonds. The van der Waals surface area contributed by atoms with Crippen molar-refractivity contribution in [3.63, 3.8) is 0 Å². The maximum absolute atomic E-state index is 11.5. The smallest absolute Gasteiger partial charge is 0.201 e. The van der Waals surface area contributed by atoms with E-state index in [0.717, 1.165) is 12.8 Å². The van der Waals surface area contributed by atoms with Crippen LogP contribution < -0.4 is 10.6 Å². The van der Waals surface area contributed by atoms with Gasteiger partial charge in [0.05, 0.1) is 5.92 Å². The zero-order valence-electron chi connectivity index (χ0n) is 7.90. The minimum absolute atomic E-state index is 0.111. The largest absolute Gasteiger partial charge is 0.310 e. The summed E-state index contributed by atoms with van der Waals surface area (Å²) in [6.45, 7) is 0. The third-order valence-corrected chi connectivity index (χ3v) is 3.86. The van der Waals surface area contributed by atoms with E-state index in [1.165, 1.54) is 6.42 Å². The van der Waals surface area contributed by atoms with Gasteiger partial charge in [0.15, 0.2) is 6.29 Å². The molecular formula is C10H14N2O2. The van der Waals surface area contributed by atoms with Gasteiger partial charge in [-0.1, -0.05) is 0 Å². The van der Waals surface area contributed by atoms with E-state index < -0.39 is 0 Å². The summed E-state index contributed by atoms with van der Waals surface area (Å²) in [4.78, 5) is 22.0. The molecule has 4 bridgehead atoms. The van der Waals surface area contributed by atoms with E-state index in [0.29, 0.717) is 18.4 Å². The fourth-order valence-corrected chi connectivity index (χ4v) is 3.42. The predicted octanol–water partition coefficient (Wildman–Crippen LogP) is -0.765. The number of piperidine rings is 4. The Bertz CT molecular complexity index is 262. The second kappa shape index (κ2) is 2.87. The summed E-state index contributed by atoms with van der Waals surface area (Å²) in [6.07, 6.45) is 3.65. The summed E-state index contributed by atoms with van der Waals surface area (Å²) >= 11 is 0. The Kier molecular flexibility index (Phi) is 1.76. The molecule has 0 aromatic rings. The van der Waals surface area contributed by atoms with Crippen LogP contribution in [0.25, 0.3) is 0 Å². The van der Waals surface area contributed by atoms with Crippen LogP contribution in [-0.2, 0) is 9.59 Å². The lowest BCUT2D eigenvalue weighted by molar-refractivity contribution is -0.136. The van der Waals surface area contributed by atoms with Crippen LogP contribution in [0.1, 0.15) is 19.3 Å². The molecule has 4 nitrogen and oxygen atoms in total. The average Bonchev–Trinajstić information content (AvgIpc) is 2.15. The first kappa shape index (κ1) is 8.56. The maximum atomic E-state index is 11.5. The van der Waals surface area contributed by atoms with Crippen LogP contribution in [0.4, 0.5) is 0 Å². The number of hydrogen-bond donors (Lipinski definition) is 2. The van der Waals surface area contributed by atoms with E-state index in [9.17, 15) is 9.59 Å². The molecule has 0 aromatic carbocycles. The number of rotatable bonds is 2. The molecule has 4 heteroatoms. The molecule has 4 heterocycles. The van der Waals surface area contributed by atoms with Gasteiger partial charge in [-0.25, -0.2) is 0 Å². The van der Waals surface area contributed by atoms with Gasteiger partial charge in [-0.05, 0) is 19.3 Å². The molecule has 0 spiro atoms. The Morgan fingerprint density at radius 2 is 1.64 bits per heavy atom. The van der Waals surface area contributed by atoms with E-state index in [4.69, 9.17) is 0 Å². The molecule has 4 saturated heterocycles. The number of carbonyl (C=O) groups excluding carboxylic acids is 2. The lowest BCUT2D eigenvalue weighted by atomic mass is 9.68. The van der Waals surface area contributed by atoms with Gasteiger partial charge in [-0.2, -0.15) is 0 Å². The summed E-state index contributed by atoms with van der Waals surface area (Å²) in [6, 6.07) is 1.63. The Morgan fingerprint density at radius 3 is 2.14 bits per heavy atom. The summed E-state index contributed by atoms with van der Waals surface area (Å²) in [5, 5.41) is 6.92. The topological polar surface area (TPSA) is 58.2 Å². The first-order valence-electron chi connectivity index (χ1n) is 5.29. The van der Waals surface area contributed by atoms with Crippen molar-refractivity contribution >= 4 is 12.1 Å². The number of Topliss-reactive ketones (excluding diaryl/α,β-unsaturated/α-hetero) is 1. The molecule has 0 saturated carbocycles. The first-order valence-corrected chi connectivity index (χ1v) is 5.29. The number of hydrogen-bond acceptors (Lipinski definition) is 4. The van der Waals surface area contributed by atoms with Crippen molar-refractivity contribution in [2.75, 3.05) is 0 Å². The van der Waals surface area contributed by atoms with E-state index in [1.807, 2.05) is 0 Å². The standard InChI is InChI=1S/C10H14N2O2/c13-4-9(14)10-7-2-5-1-6(12-7)3-8(10)11-5/h4-8,10-12H,1-3H2. The lowest BCUT2D eigenvalue weighted by Crippen LogP contribution is -2.72. The van der Waals surface area contributed by atoms with Crippen molar-refractivity contribution in [2.45, 2.75) is 43.4 Å². The first-order chi connectivity index (χ1) is 6.78. The van der Waals surface area contributed by atoms with Gasteiger partial charge < -0.3 is 10.6 Å². The fourth-order valence-electron chi connectivity index (χ4n) is 3.42. The van der Waals surface area contributed by atoms with Crippen molar-refractivity contribution in [3.05, 3.63) is 0 Å². The van der Waals surface area contributed by atoms with Crippen molar-refractivity contribution in [2.24, 2.45) is 5.92 Å². The third-order valence-electron chi connectivity index (χ3n) is 3.86. The molecule has 4 aliphatic heterocycles. The molecule has 14 heavy (non-hydrogen) atoms. The molecule has 2 N–H and O–H groups in total. The molecule has 4 unspecified atom stereocenters. The Labute approximate surface area is 82.4 Å². The fraction of sp³-hybridized carbons (Fsp3) is 0.800. The van der Waals surface area contributed by atoms with Gasteiger partial charge in [0.1, 0.15) is 0 Å². The average molecular weight is 194 g/mol. The molecule has 4 fully saturated rings. The SMILES string of the molecule is O=CC(=O)C1C2CC3CC(CC1N3)N2. The minimum Gasteiger partial charge on any atom is -0.310 e. The van der Waals surface area contributed by atoms with Gasteiger partial charge in [0, 0.05) is 24.2 Å². The third kappa shape index (κ3) is 1.07. The van der Waals surface area contributed by atoms with Crippen molar-refractivity contribution in [1.82, 2.24) is 10.6 Å². The second-order valence-electron chi connectivity index (χ2n) is 4.69. The molecule has 4 aliphatic rings. The number of ketones is 1. The van der Waals surface area contributed by atoms with Crippen LogP contribution >= 0.6 is 0 Å². The predicted molar refractivity (Wildman–Crippen MR) is 49.8 cm³/mol. The quantitative estimate of drug-likeness (QED) is 0.448. The summed E-state index contributed by atoms with van der Waals surface area (Å²) < 4.78 is 0. The summed E-state index contributed by atoms with van der Waals surface area (Å²) in [5.74, 6) is -0.348. The number of nitrogens with one attached hydrogen (secondary N) is 2. The van der Waals surface area contributed by atoms with Crippen LogP contribution in [-0.4, -0.2) is 36.2 Å². The second-order valence-corrected chi connectivity index (χ2v) is 4.69. The summed E-state index contributed by atoms with van der Waals surface area (Å²) in [7, 11) is 0. The minimum atomic E-state index is -0.237. The maximum Gasteiger partial charge on any atom is 0.201 e. The molecule has 76 valence electrons. The van der Waals surface area contributed by atoms with Crippen LogP contribution in [0.2, 0.25) is 0 Å². The molecule has 4 atom stereocenters. The van der Waals surface area contributed by atoms with Gasteiger partial charge in [-0.15, -0.1) is 0 Å². The Morgan fingerprint density at radius 1 is 1.07 bits per heavy atom. The highest BCUT2D eigenvalue weighted by Crippen LogP contribution is 2.36. The highest BCUT2D eigenvalue weighted by atomic mass is 16.2. The normalized spacial score (nSPS) is 49.3. The van der Waals surface area contributed by atoms with Crippen LogP contribution in [0.3, 0.4) is 0 Å². The summed E-state index contributed by atoms with van der Waals surface area (Å²) in [5.41, 5.74) is 0. The van der Waals surface area contributed by atoms with Gasteiger partial charge >= 0.3 is 0 Å². The van der Waals surface area contributed by atoms with Gasteiger partial charge in [-0.3, -0.25) is 9.59 Å². The van der Waals surface area contributed by atoms with Crippen LogP contribution in [0.15, 0.2) is 0 Å². The highest BCUT2D eigenvalue weighted by molar-refractivity contribution is 6.26. The van der Waals surface area contributed by atoms with Crippen molar-refractivity contribution < 1.29 is 9.59 Å². The van der Waals surface area contributed by atoms with E-state index in [-0.39, 0.29) is 23.8 Å². The van der Waals surface area contributed by atoms with Gasteiger partial charge in [0.2, 0.25) is 5.78 Å². The zero-order valence-corrected chi connectivity index (χ0v) is 7.90. The van der Waals surface area contributed by atoms with Crippen LogP contribution in [0, 0.1) is 5.92 Å². The zero-order chi connectivity index (χ0) is 9.71. The van der Waals surface area contributed by atoms with Gasteiger partial charge in [0.25, 0.3) is 0 Å². The monoisotopic (exact) mass is 194 g/mol. The van der Waals surface area contributed by atoms with E-state index in [1.54, 1.807) is 0 Å². The molecule has 4 rings (SSSR count). The molecule has 0 aromatic heterocycles. The number of aldehydes is 1. The van der Waals surface area contributed by atoms with E-state index >= 15 is 0 Å². The van der Waals surface area contributed by atoms with Crippen molar-refractivity contribution in [1.29, 1.82) is 0 Å².